The maximum atomic E-state index is 12.6. The molecule has 0 spiro atoms. The highest BCUT2D eigenvalue weighted by Crippen LogP contribution is 2.28. The number of carbonyl (C=O) groups excluding carboxylic acids is 1. The number of carbonyl (C=O) groups is 1. The number of nitrogens with zero attached hydrogens (tertiary/aromatic N) is 3. The topological polar surface area (TPSA) is 47.4 Å². The second kappa shape index (κ2) is 6.91. The zero-order chi connectivity index (χ0) is 16.4. The second-order valence-electron chi connectivity index (χ2n) is 5.44. The highest BCUT2D eigenvalue weighted by molar-refractivity contribution is 6.40. The molecule has 1 saturated heterocycles. The number of aromatic nitrogens is 2. The van der Waals surface area contributed by atoms with Gasteiger partial charge in [0.25, 0.3) is 5.91 Å². The molecule has 0 radical (unpaired) electrons. The average Bonchev–Trinajstić information content (AvgIpc) is 3.04. The molecule has 23 heavy (non-hydrogen) atoms. The molecule has 0 N–H and O–H groups in total. The van der Waals surface area contributed by atoms with Crippen LogP contribution < -0.4 is 4.90 Å². The van der Waals surface area contributed by atoms with E-state index in [0.717, 1.165) is 25.9 Å². The van der Waals surface area contributed by atoms with E-state index in [0.29, 0.717) is 15.9 Å². The smallest absolute Gasteiger partial charge is 0.262 e. The fraction of sp³-hybridized carbons (Fsp3) is 0.375. The molecule has 1 aromatic carbocycles. The fourth-order valence-electron chi connectivity index (χ4n) is 2.57. The van der Waals surface area contributed by atoms with Crippen molar-refractivity contribution in [2.75, 3.05) is 18.6 Å². The van der Waals surface area contributed by atoms with Gasteiger partial charge < -0.3 is 4.74 Å². The predicted molar refractivity (Wildman–Crippen MR) is 90.3 cm³/mol. The van der Waals surface area contributed by atoms with Crippen molar-refractivity contribution < 1.29 is 9.53 Å². The van der Waals surface area contributed by atoms with Gasteiger partial charge in [-0.05, 0) is 31.4 Å². The van der Waals surface area contributed by atoms with Gasteiger partial charge in [0, 0.05) is 25.9 Å². The number of hydrogen-bond acceptors (Lipinski definition) is 3. The lowest BCUT2D eigenvalue weighted by atomic mass is 10.2. The first-order valence-electron chi connectivity index (χ1n) is 7.47. The Balaban J connectivity index is 1.81. The first-order valence-corrected chi connectivity index (χ1v) is 8.22. The Labute approximate surface area is 144 Å². The molecule has 3 rings (SSSR count). The summed E-state index contributed by atoms with van der Waals surface area (Å²) in [5, 5.41) is 5.10. The molecule has 7 heteroatoms. The van der Waals surface area contributed by atoms with Gasteiger partial charge in [0.15, 0.2) is 5.82 Å². The predicted octanol–water partition coefficient (Wildman–Crippen LogP) is 4.17. The molecule has 1 amide bonds. The molecule has 2 aromatic rings. The van der Waals surface area contributed by atoms with Gasteiger partial charge in [-0.15, -0.1) is 0 Å². The van der Waals surface area contributed by atoms with Gasteiger partial charge >= 0.3 is 0 Å². The molecular formula is C16H17Cl2N3O2. The van der Waals surface area contributed by atoms with E-state index in [1.807, 2.05) is 6.20 Å². The zero-order valence-corrected chi connectivity index (χ0v) is 14.2. The van der Waals surface area contributed by atoms with Crippen LogP contribution >= 0.6 is 23.2 Å². The molecular weight excluding hydrogens is 337 g/mol. The molecule has 1 aliphatic heterocycles. The minimum atomic E-state index is -0.296. The Morgan fingerprint density at radius 2 is 2.04 bits per heavy atom. The van der Waals surface area contributed by atoms with Crippen LogP contribution in [0.3, 0.4) is 0 Å². The van der Waals surface area contributed by atoms with Crippen molar-refractivity contribution in [1.29, 1.82) is 0 Å². The van der Waals surface area contributed by atoms with Crippen molar-refractivity contribution in [3.8, 4) is 0 Å². The summed E-state index contributed by atoms with van der Waals surface area (Å²) in [6.45, 7) is 0.740. The summed E-state index contributed by atoms with van der Waals surface area (Å²) >= 11 is 12.2. The lowest BCUT2D eigenvalue weighted by molar-refractivity contribution is -0.0393. The average molecular weight is 354 g/mol. The third-order valence-corrected chi connectivity index (χ3v) is 4.50. The van der Waals surface area contributed by atoms with Crippen LogP contribution in [0.4, 0.5) is 5.82 Å². The number of hydrogen-bond donors (Lipinski definition) is 0. The summed E-state index contributed by atoms with van der Waals surface area (Å²) in [6, 6.07) is 6.77. The van der Waals surface area contributed by atoms with Crippen LogP contribution in [0.5, 0.6) is 0 Å². The Hall–Kier alpha value is -1.56. The van der Waals surface area contributed by atoms with E-state index in [9.17, 15) is 4.79 Å². The number of halogens is 2. The molecule has 122 valence electrons. The summed E-state index contributed by atoms with van der Waals surface area (Å²) < 4.78 is 7.45. The molecule has 1 aliphatic rings. The molecule has 1 atom stereocenters. The highest BCUT2D eigenvalue weighted by Gasteiger charge is 2.23. The molecule has 0 saturated carbocycles. The normalized spacial score (nSPS) is 18.0. The van der Waals surface area contributed by atoms with E-state index < -0.39 is 0 Å². The van der Waals surface area contributed by atoms with Crippen LogP contribution in [-0.2, 0) is 4.74 Å². The standard InChI is InChI=1S/C16H17Cl2N3O2/c1-20(16(22)15-11(17)5-4-6-12(15)18)13-8-9-21(19-13)14-7-2-3-10-23-14/h4-6,8-9,14H,2-3,7,10H2,1H3. The van der Waals surface area contributed by atoms with Crippen molar-refractivity contribution in [3.63, 3.8) is 0 Å². The van der Waals surface area contributed by atoms with Crippen LogP contribution in [0.1, 0.15) is 35.8 Å². The molecule has 0 bridgehead atoms. The summed E-state index contributed by atoms with van der Waals surface area (Å²) in [5.74, 6) is 0.232. The van der Waals surface area contributed by atoms with Crippen LogP contribution in [0.2, 0.25) is 10.0 Å². The fourth-order valence-corrected chi connectivity index (χ4v) is 3.13. The molecule has 1 aromatic heterocycles. The second-order valence-corrected chi connectivity index (χ2v) is 6.25. The SMILES string of the molecule is CN(C(=O)c1c(Cl)cccc1Cl)c1ccn(C2CCCCO2)n1. The number of benzene rings is 1. The number of ether oxygens (including phenoxy) is 1. The van der Waals surface area contributed by atoms with Crippen LogP contribution in [-0.4, -0.2) is 29.3 Å². The Morgan fingerprint density at radius 3 is 2.70 bits per heavy atom. The van der Waals surface area contributed by atoms with E-state index in [4.69, 9.17) is 27.9 Å². The van der Waals surface area contributed by atoms with Gasteiger partial charge in [0.2, 0.25) is 0 Å². The third-order valence-electron chi connectivity index (χ3n) is 3.87. The monoisotopic (exact) mass is 353 g/mol. The molecule has 1 unspecified atom stereocenters. The van der Waals surface area contributed by atoms with Crippen molar-refractivity contribution in [3.05, 3.63) is 46.1 Å². The molecule has 2 heterocycles. The molecule has 0 aliphatic carbocycles. The van der Waals surface area contributed by atoms with Gasteiger partial charge in [-0.2, -0.15) is 5.10 Å². The largest absolute Gasteiger partial charge is 0.357 e. The van der Waals surface area contributed by atoms with Gasteiger partial charge in [-0.25, -0.2) is 4.68 Å². The van der Waals surface area contributed by atoms with Crippen molar-refractivity contribution in [1.82, 2.24) is 9.78 Å². The number of amides is 1. The number of rotatable bonds is 3. The van der Waals surface area contributed by atoms with Gasteiger partial charge in [-0.3, -0.25) is 9.69 Å². The molecule has 5 nitrogen and oxygen atoms in total. The molecule has 1 fully saturated rings. The first-order chi connectivity index (χ1) is 11.1. The first kappa shape index (κ1) is 16.3. The van der Waals surface area contributed by atoms with E-state index in [-0.39, 0.29) is 17.7 Å². The van der Waals surface area contributed by atoms with E-state index in [2.05, 4.69) is 5.10 Å². The maximum absolute atomic E-state index is 12.6. The van der Waals surface area contributed by atoms with Crippen molar-refractivity contribution in [2.24, 2.45) is 0 Å². The number of anilines is 1. The Morgan fingerprint density at radius 1 is 1.30 bits per heavy atom. The Bertz CT molecular complexity index is 691. The van der Waals surface area contributed by atoms with E-state index in [1.165, 1.54) is 4.90 Å². The van der Waals surface area contributed by atoms with Crippen LogP contribution in [0.25, 0.3) is 0 Å². The summed E-state index contributed by atoms with van der Waals surface area (Å²) in [7, 11) is 1.65. The quantitative estimate of drug-likeness (QED) is 0.831. The summed E-state index contributed by atoms with van der Waals surface area (Å²) in [4.78, 5) is 14.1. The summed E-state index contributed by atoms with van der Waals surface area (Å²) in [5.41, 5.74) is 0.279. The Kier molecular flexibility index (Phi) is 4.90. The van der Waals surface area contributed by atoms with Crippen molar-refractivity contribution >= 4 is 34.9 Å². The van der Waals surface area contributed by atoms with Gasteiger partial charge in [0.1, 0.15) is 6.23 Å². The third kappa shape index (κ3) is 3.37. The zero-order valence-electron chi connectivity index (χ0n) is 12.7. The van der Waals surface area contributed by atoms with Gasteiger partial charge in [0.05, 0.1) is 15.6 Å². The van der Waals surface area contributed by atoms with Crippen LogP contribution in [0, 0.1) is 0 Å². The van der Waals surface area contributed by atoms with Gasteiger partial charge in [-0.1, -0.05) is 29.3 Å². The van der Waals surface area contributed by atoms with E-state index in [1.54, 1.807) is 36.0 Å². The lowest BCUT2D eigenvalue weighted by Crippen LogP contribution is -2.28. The van der Waals surface area contributed by atoms with E-state index >= 15 is 0 Å². The lowest BCUT2D eigenvalue weighted by Gasteiger charge is -2.23. The minimum absolute atomic E-state index is 0.0649. The van der Waals surface area contributed by atoms with Crippen molar-refractivity contribution in [2.45, 2.75) is 25.5 Å². The highest BCUT2D eigenvalue weighted by atomic mass is 35.5. The maximum Gasteiger partial charge on any atom is 0.262 e. The minimum Gasteiger partial charge on any atom is -0.357 e. The summed E-state index contributed by atoms with van der Waals surface area (Å²) in [6.07, 6.45) is 4.88. The van der Waals surface area contributed by atoms with Crippen LogP contribution in [0.15, 0.2) is 30.5 Å².